The molecule has 1 saturated carbocycles. The molecule has 1 fully saturated rings. The molecule has 1 amide bonds. The molecule has 22 heavy (non-hydrogen) atoms. The van der Waals surface area contributed by atoms with Crippen LogP contribution in [0.5, 0.6) is 0 Å². The zero-order valence-corrected chi connectivity index (χ0v) is 12.4. The average molecular weight is 325 g/mol. The summed E-state index contributed by atoms with van der Waals surface area (Å²) in [5.74, 6) is -0.465. The number of carbonyl (C=O) groups is 1. The number of carbonyl (C=O) groups excluding carboxylic acids is 1. The number of alkyl halides is 3. The van der Waals surface area contributed by atoms with Gasteiger partial charge in [0.2, 0.25) is 0 Å². The van der Waals surface area contributed by atoms with Crippen LogP contribution < -0.4 is 5.32 Å². The van der Waals surface area contributed by atoms with Crippen molar-refractivity contribution in [3.05, 3.63) is 57.8 Å². The topological polar surface area (TPSA) is 29.1 Å². The molecule has 0 spiro atoms. The molecule has 0 saturated heterocycles. The summed E-state index contributed by atoms with van der Waals surface area (Å²) in [6.45, 7) is 0.457. The van der Waals surface area contributed by atoms with E-state index in [1.165, 1.54) is 17.7 Å². The maximum Gasteiger partial charge on any atom is 0.416 e. The van der Waals surface area contributed by atoms with Crippen molar-refractivity contribution in [1.29, 1.82) is 0 Å². The summed E-state index contributed by atoms with van der Waals surface area (Å²) >= 11 is 1.60. The molecule has 0 aliphatic heterocycles. The largest absolute Gasteiger partial charge is 0.416 e. The highest BCUT2D eigenvalue weighted by Gasteiger charge is 2.44. The zero-order valence-electron chi connectivity index (χ0n) is 11.6. The fraction of sp³-hybridized carbons (Fsp3) is 0.312. The minimum Gasteiger partial charge on any atom is -0.351 e. The van der Waals surface area contributed by atoms with Crippen LogP contribution in [0.2, 0.25) is 0 Å². The molecule has 1 aromatic heterocycles. The summed E-state index contributed by atoms with van der Waals surface area (Å²) in [5, 5.41) is 6.82. The monoisotopic (exact) mass is 325 g/mol. The van der Waals surface area contributed by atoms with Gasteiger partial charge in [0, 0.05) is 17.5 Å². The molecule has 1 aliphatic rings. The summed E-state index contributed by atoms with van der Waals surface area (Å²) in [6, 6.07) is 6.54. The van der Waals surface area contributed by atoms with Gasteiger partial charge in [-0.3, -0.25) is 4.79 Å². The summed E-state index contributed by atoms with van der Waals surface area (Å²) in [6.07, 6.45) is -2.45. The van der Waals surface area contributed by atoms with Crippen molar-refractivity contribution in [2.45, 2.75) is 24.4 Å². The van der Waals surface area contributed by atoms with E-state index in [0.717, 1.165) is 25.0 Å². The van der Waals surface area contributed by atoms with Gasteiger partial charge < -0.3 is 5.32 Å². The van der Waals surface area contributed by atoms with Gasteiger partial charge >= 0.3 is 6.18 Å². The maximum absolute atomic E-state index is 12.7. The summed E-state index contributed by atoms with van der Waals surface area (Å²) in [7, 11) is 0. The molecule has 1 aromatic carbocycles. The van der Waals surface area contributed by atoms with Gasteiger partial charge in [0.1, 0.15) is 0 Å². The first-order chi connectivity index (χ1) is 10.4. The Morgan fingerprint density at radius 1 is 1.27 bits per heavy atom. The smallest absolute Gasteiger partial charge is 0.351 e. The zero-order chi connectivity index (χ0) is 15.8. The quantitative estimate of drug-likeness (QED) is 0.895. The molecule has 116 valence electrons. The molecule has 0 atom stereocenters. The van der Waals surface area contributed by atoms with E-state index < -0.39 is 17.6 Å². The van der Waals surface area contributed by atoms with Crippen LogP contribution in [0.15, 0.2) is 41.1 Å². The van der Waals surface area contributed by atoms with E-state index in [1.54, 1.807) is 11.3 Å². The summed E-state index contributed by atoms with van der Waals surface area (Å²) < 4.78 is 38.0. The Morgan fingerprint density at radius 2 is 2.05 bits per heavy atom. The third-order valence-electron chi connectivity index (χ3n) is 4.03. The summed E-state index contributed by atoms with van der Waals surface area (Å²) in [5.41, 5.74) is 0.397. The standard InChI is InChI=1S/C16H14F3NOS/c17-16(18,19)12-3-1-2-11(8-12)14(21)20-10-15(5-6-15)13-4-7-22-9-13/h1-4,7-9H,5-6,10H2,(H,20,21). The number of hydrogen-bond acceptors (Lipinski definition) is 2. The Bertz CT molecular complexity index is 675. The van der Waals surface area contributed by atoms with Crippen molar-refractivity contribution in [3.63, 3.8) is 0 Å². The average Bonchev–Trinajstić information content (AvgIpc) is 3.07. The summed E-state index contributed by atoms with van der Waals surface area (Å²) in [4.78, 5) is 12.1. The predicted molar refractivity (Wildman–Crippen MR) is 79.0 cm³/mol. The lowest BCUT2D eigenvalue weighted by molar-refractivity contribution is -0.137. The number of hydrogen-bond donors (Lipinski definition) is 1. The fourth-order valence-corrected chi connectivity index (χ4v) is 3.25. The number of benzene rings is 1. The van der Waals surface area contributed by atoms with E-state index in [0.29, 0.717) is 6.54 Å². The van der Waals surface area contributed by atoms with Gasteiger partial charge in [0.25, 0.3) is 5.91 Å². The van der Waals surface area contributed by atoms with Crippen molar-refractivity contribution in [3.8, 4) is 0 Å². The number of amides is 1. The molecule has 6 heteroatoms. The third kappa shape index (κ3) is 3.02. The molecular formula is C16H14F3NOS. The highest BCUT2D eigenvalue weighted by molar-refractivity contribution is 7.08. The van der Waals surface area contributed by atoms with Crippen LogP contribution in [0.4, 0.5) is 13.2 Å². The lowest BCUT2D eigenvalue weighted by Gasteiger charge is -2.15. The Labute approximate surface area is 130 Å². The van der Waals surface area contributed by atoms with Crippen LogP contribution in [0.1, 0.15) is 34.3 Å². The third-order valence-corrected chi connectivity index (χ3v) is 4.71. The Hall–Kier alpha value is -1.82. The Balaban J connectivity index is 1.68. The molecule has 2 aromatic rings. The van der Waals surface area contributed by atoms with Gasteiger partial charge in [0.15, 0.2) is 0 Å². The minimum absolute atomic E-state index is 0.0305. The lowest BCUT2D eigenvalue weighted by Crippen LogP contribution is -2.32. The first kappa shape index (κ1) is 15.1. The van der Waals surface area contributed by atoms with Gasteiger partial charge in [-0.2, -0.15) is 24.5 Å². The van der Waals surface area contributed by atoms with E-state index in [2.05, 4.69) is 10.7 Å². The van der Waals surface area contributed by atoms with Crippen molar-refractivity contribution >= 4 is 17.2 Å². The number of halogens is 3. The van der Waals surface area contributed by atoms with Crippen LogP contribution in [-0.4, -0.2) is 12.5 Å². The number of thiophene rings is 1. The second-order valence-electron chi connectivity index (χ2n) is 5.55. The SMILES string of the molecule is O=C(NCC1(c2ccsc2)CC1)c1cccc(C(F)(F)F)c1. The van der Waals surface area contributed by atoms with E-state index >= 15 is 0 Å². The highest BCUT2D eigenvalue weighted by Crippen LogP contribution is 2.48. The molecule has 0 unspecified atom stereocenters. The Morgan fingerprint density at radius 3 is 2.64 bits per heavy atom. The van der Waals surface area contributed by atoms with Gasteiger partial charge in [-0.05, 0) is 53.4 Å². The molecular weight excluding hydrogens is 311 g/mol. The van der Waals surface area contributed by atoms with E-state index in [9.17, 15) is 18.0 Å². The molecule has 3 rings (SSSR count). The molecule has 0 radical (unpaired) electrons. The lowest BCUT2D eigenvalue weighted by atomic mass is 9.99. The normalized spacial score (nSPS) is 16.3. The van der Waals surface area contributed by atoms with Crippen LogP contribution >= 0.6 is 11.3 Å². The van der Waals surface area contributed by atoms with Gasteiger partial charge in [-0.1, -0.05) is 6.07 Å². The van der Waals surface area contributed by atoms with E-state index in [1.807, 2.05) is 11.4 Å². The molecule has 2 nitrogen and oxygen atoms in total. The molecule has 1 aliphatic carbocycles. The predicted octanol–water partition coefficient (Wildman–Crippen LogP) is 4.23. The Kier molecular flexibility index (Phi) is 3.72. The number of rotatable bonds is 4. The van der Waals surface area contributed by atoms with Crippen LogP contribution in [0.25, 0.3) is 0 Å². The minimum atomic E-state index is -4.44. The second kappa shape index (κ2) is 5.43. The van der Waals surface area contributed by atoms with Crippen molar-refractivity contribution in [2.24, 2.45) is 0 Å². The van der Waals surface area contributed by atoms with E-state index in [-0.39, 0.29) is 11.0 Å². The van der Waals surface area contributed by atoms with Crippen LogP contribution in [-0.2, 0) is 11.6 Å². The van der Waals surface area contributed by atoms with Crippen LogP contribution in [0.3, 0.4) is 0 Å². The highest BCUT2D eigenvalue weighted by atomic mass is 32.1. The van der Waals surface area contributed by atoms with Gasteiger partial charge in [-0.25, -0.2) is 0 Å². The molecule has 1 heterocycles. The molecule has 0 bridgehead atoms. The molecule has 1 N–H and O–H groups in total. The van der Waals surface area contributed by atoms with Crippen molar-refractivity contribution < 1.29 is 18.0 Å². The first-order valence-corrected chi connectivity index (χ1v) is 7.83. The van der Waals surface area contributed by atoms with E-state index in [4.69, 9.17) is 0 Å². The number of nitrogens with one attached hydrogen (secondary N) is 1. The van der Waals surface area contributed by atoms with Gasteiger partial charge in [-0.15, -0.1) is 0 Å². The second-order valence-corrected chi connectivity index (χ2v) is 6.33. The van der Waals surface area contributed by atoms with Crippen LogP contribution in [0, 0.1) is 0 Å². The van der Waals surface area contributed by atoms with Crippen molar-refractivity contribution in [2.75, 3.05) is 6.54 Å². The fourth-order valence-electron chi connectivity index (χ4n) is 2.47. The first-order valence-electron chi connectivity index (χ1n) is 6.89. The van der Waals surface area contributed by atoms with Gasteiger partial charge in [0.05, 0.1) is 5.56 Å². The maximum atomic E-state index is 12.7. The van der Waals surface area contributed by atoms with Crippen molar-refractivity contribution in [1.82, 2.24) is 5.32 Å².